The van der Waals surface area contributed by atoms with Crippen LogP contribution >= 0.6 is 11.8 Å². The molecule has 0 saturated heterocycles. The van der Waals surface area contributed by atoms with Crippen molar-refractivity contribution in [3.8, 4) is 0 Å². The second-order valence-corrected chi connectivity index (χ2v) is 14.9. The second kappa shape index (κ2) is 11.5. The highest BCUT2D eigenvalue weighted by Gasteiger charge is 2.33. The van der Waals surface area contributed by atoms with Gasteiger partial charge in [-0.3, -0.25) is 4.79 Å². The predicted octanol–water partition coefficient (Wildman–Crippen LogP) is 3.32. The number of aromatic nitrogens is 6. The molecule has 0 radical (unpaired) electrons. The first kappa shape index (κ1) is 24.4. The smallest absolute Gasteiger partial charge is 0.307 e. The van der Waals surface area contributed by atoms with E-state index >= 15 is 0 Å². The summed E-state index contributed by atoms with van der Waals surface area (Å²) in [5, 5.41) is 22.6. The summed E-state index contributed by atoms with van der Waals surface area (Å²) in [6, 6.07) is 1.04. The first-order valence-corrected chi connectivity index (χ1v) is 15.1. The van der Waals surface area contributed by atoms with Gasteiger partial charge in [0.2, 0.25) is 0 Å². The van der Waals surface area contributed by atoms with Gasteiger partial charge in [0.05, 0.1) is 5.92 Å². The van der Waals surface area contributed by atoms with Gasteiger partial charge in [-0.15, -0.1) is 5.10 Å². The highest BCUT2D eigenvalue weighted by atomic mass is 32.2. The van der Waals surface area contributed by atoms with Crippen molar-refractivity contribution in [1.82, 2.24) is 30.2 Å². The Morgan fingerprint density at radius 3 is 2.57 bits per heavy atom. The molecule has 2 heterocycles. The summed E-state index contributed by atoms with van der Waals surface area (Å²) >= 11 is 1.46. The summed E-state index contributed by atoms with van der Waals surface area (Å²) in [6.07, 6.45) is 7.14. The van der Waals surface area contributed by atoms with Gasteiger partial charge >= 0.3 is 5.97 Å². The van der Waals surface area contributed by atoms with E-state index in [4.69, 9.17) is 4.74 Å². The van der Waals surface area contributed by atoms with E-state index in [-0.39, 0.29) is 6.73 Å². The molecule has 0 aromatic carbocycles. The maximum atomic E-state index is 12.1. The molecule has 1 N–H and O–H groups in total. The zero-order valence-electron chi connectivity index (χ0n) is 18.4. The van der Waals surface area contributed by atoms with E-state index in [2.05, 4.69) is 45.1 Å². The topological polar surface area (TPSA) is 116 Å². The van der Waals surface area contributed by atoms with Gasteiger partial charge in [-0.25, -0.2) is 14.6 Å². The van der Waals surface area contributed by atoms with E-state index in [0.717, 1.165) is 18.0 Å². The van der Waals surface area contributed by atoms with E-state index < -0.39 is 25.9 Å². The lowest BCUT2D eigenvalue weighted by molar-refractivity contribution is -0.143. The van der Waals surface area contributed by atoms with E-state index in [9.17, 15) is 9.90 Å². The maximum absolute atomic E-state index is 12.1. The van der Waals surface area contributed by atoms with Crippen LogP contribution in [0.15, 0.2) is 17.6 Å². The molecule has 0 aliphatic rings. The molecule has 2 atom stereocenters. The Morgan fingerprint density at radius 1 is 1.30 bits per heavy atom. The minimum Gasteiger partial charge on any atom is -0.481 e. The number of tetrazole rings is 1. The standard InChI is InChI=1S/C19H32N6O3SSi/c1-6-7-15(18(26)27)16(10-14-11-20-19(29-2)21-12-14)17-22-23-24-25(17)13-28-8-9-30(3,4)5/h11-12,15-16H,6-10,13H2,1-5H3,(H,26,27)/t15?,16-/m0/s1. The monoisotopic (exact) mass is 452 g/mol. The minimum atomic E-state index is -1.20. The van der Waals surface area contributed by atoms with Gasteiger partial charge in [0.1, 0.15) is 6.73 Å². The van der Waals surface area contributed by atoms with Gasteiger partial charge in [-0.05, 0) is 41.1 Å². The van der Waals surface area contributed by atoms with Crippen molar-refractivity contribution in [2.24, 2.45) is 5.92 Å². The fourth-order valence-electron chi connectivity index (χ4n) is 3.13. The number of carboxylic acids is 1. The Bertz CT molecular complexity index is 796. The number of aliphatic carboxylic acids is 1. The fourth-order valence-corrected chi connectivity index (χ4v) is 4.20. The van der Waals surface area contributed by atoms with E-state index in [1.54, 1.807) is 17.1 Å². The van der Waals surface area contributed by atoms with Gasteiger partial charge in [0, 0.05) is 33.0 Å². The number of nitrogens with zero attached hydrogens (tertiary/aromatic N) is 6. The Balaban J connectivity index is 2.23. The lowest BCUT2D eigenvalue weighted by Gasteiger charge is -2.23. The molecule has 0 aliphatic heterocycles. The number of hydrogen-bond acceptors (Lipinski definition) is 8. The van der Waals surface area contributed by atoms with Gasteiger partial charge in [0.15, 0.2) is 11.0 Å². The van der Waals surface area contributed by atoms with Crippen LogP contribution in [0, 0.1) is 5.92 Å². The molecule has 0 saturated carbocycles. The van der Waals surface area contributed by atoms with Crippen molar-refractivity contribution in [2.45, 2.75) is 69.7 Å². The molecule has 9 nitrogen and oxygen atoms in total. The van der Waals surface area contributed by atoms with Crippen LogP contribution < -0.4 is 0 Å². The number of thioether (sulfide) groups is 1. The number of ether oxygens (including phenoxy) is 1. The molecule has 0 bridgehead atoms. The minimum absolute atomic E-state index is 0.212. The van der Waals surface area contributed by atoms with Gasteiger partial charge in [-0.2, -0.15) is 0 Å². The van der Waals surface area contributed by atoms with Crippen LogP contribution in [-0.2, 0) is 22.7 Å². The molecule has 0 spiro atoms. The molecule has 1 unspecified atom stereocenters. The number of rotatable bonds is 13. The molecule has 2 aromatic rings. The summed E-state index contributed by atoms with van der Waals surface area (Å²) in [7, 11) is -1.20. The molecule has 0 fully saturated rings. The molecule has 166 valence electrons. The second-order valence-electron chi connectivity index (χ2n) is 8.51. The summed E-state index contributed by atoms with van der Waals surface area (Å²) in [4.78, 5) is 20.7. The third-order valence-electron chi connectivity index (χ3n) is 4.82. The Kier molecular flexibility index (Phi) is 9.37. The molecule has 11 heteroatoms. The van der Waals surface area contributed by atoms with Crippen molar-refractivity contribution in [3.05, 3.63) is 23.8 Å². The summed E-state index contributed by atoms with van der Waals surface area (Å²) in [5.41, 5.74) is 0.856. The van der Waals surface area contributed by atoms with Crippen LogP contribution in [-0.4, -0.2) is 62.2 Å². The van der Waals surface area contributed by atoms with Crippen molar-refractivity contribution in [2.75, 3.05) is 12.9 Å². The highest BCUT2D eigenvalue weighted by Crippen LogP contribution is 2.31. The number of carboxylic acid groups (broad SMARTS) is 1. The number of hydrogen-bond donors (Lipinski definition) is 1. The molecular formula is C19H32N6O3SSi. The zero-order chi connectivity index (χ0) is 22.1. The SMILES string of the molecule is CCCC(C(=O)O)[C@H](Cc1cnc(SC)nc1)c1nnnn1COCC[Si](C)(C)C. The average Bonchev–Trinajstić information content (AvgIpc) is 3.16. The summed E-state index contributed by atoms with van der Waals surface area (Å²) in [5.74, 6) is -1.33. The quantitative estimate of drug-likeness (QED) is 0.211. The van der Waals surface area contributed by atoms with Crippen molar-refractivity contribution in [1.29, 1.82) is 0 Å². The lowest BCUT2D eigenvalue weighted by atomic mass is 9.84. The normalized spacial score (nSPS) is 13.9. The highest BCUT2D eigenvalue weighted by molar-refractivity contribution is 7.98. The zero-order valence-corrected chi connectivity index (χ0v) is 20.2. The van der Waals surface area contributed by atoms with Crippen LogP contribution in [0.3, 0.4) is 0 Å². The first-order valence-electron chi connectivity index (χ1n) is 10.2. The van der Waals surface area contributed by atoms with Gasteiger partial charge < -0.3 is 9.84 Å². The predicted molar refractivity (Wildman–Crippen MR) is 118 cm³/mol. The molecule has 2 aromatic heterocycles. The summed E-state index contributed by atoms with van der Waals surface area (Å²) < 4.78 is 7.39. The van der Waals surface area contributed by atoms with E-state index in [0.29, 0.717) is 30.4 Å². The first-order chi connectivity index (χ1) is 14.2. The van der Waals surface area contributed by atoms with Crippen molar-refractivity contribution < 1.29 is 14.6 Å². The van der Waals surface area contributed by atoms with Crippen molar-refractivity contribution in [3.63, 3.8) is 0 Å². The van der Waals surface area contributed by atoms with Crippen molar-refractivity contribution >= 4 is 25.8 Å². The molecule has 0 aliphatic carbocycles. The van der Waals surface area contributed by atoms with Crippen LogP contribution in [0.2, 0.25) is 25.7 Å². The lowest BCUT2D eigenvalue weighted by Crippen LogP contribution is -2.27. The fraction of sp³-hybridized carbons (Fsp3) is 0.684. The van der Waals surface area contributed by atoms with Crippen LogP contribution in [0.5, 0.6) is 0 Å². The molecule has 0 amide bonds. The van der Waals surface area contributed by atoms with Gasteiger partial charge in [-0.1, -0.05) is 44.7 Å². The van der Waals surface area contributed by atoms with Crippen LogP contribution in [0.1, 0.15) is 37.1 Å². The van der Waals surface area contributed by atoms with Crippen LogP contribution in [0.25, 0.3) is 0 Å². The largest absolute Gasteiger partial charge is 0.481 e. The summed E-state index contributed by atoms with van der Waals surface area (Å²) in [6.45, 7) is 9.71. The Morgan fingerprint density at radius 2 is 2.00 bits per heavy atom. The van der Waals surface area contributed by atoms with E-state index in [1.165, 1.54) is 11.8 Å². The third-order valence-corrected chi connectivity index (χ3v) is 7.10. The van der Waals surface area contributed by atoms with E-state index in [1.807, 2.05) is 13.2 Å². The number of carbonyl (C=O) groups is 1. The molecular weight excluding hydrogens is 420 g/mol. The third kappa shape index (κ3) is 7.44. The average molecular weight is 453 g/mol. The van der Waals surface area contributed by atoms with Gasteiger partial charge in [0.25, 0.3) is 0 Å². The molecule has 30 heavy (non-hydrogen) atoms. The molecule has 2 rings (SSSR count). The maximum Gasteiger partial charge on any atom is 0.307 e. The Labute approximate surface area is 183 Å². The van der Waals surface area contributed by atoms with Crippen LogP contribution in [0.4, 0.5) is 0 Å². The Hall–Kier alpha value is -1.85.